The fraction of sp³-hybridized carbons (Fsp3) is 0.550. The van der Waals surface area contributed by atoms with Gasteiger partial charge in [0.05, 0.1) is 10.7 Å². The van der Waals surface area contributed by atoms with Crippen LogP contribution < -0.4 is 10.6 Å². The van der Waals surface area contributed by atoms with Crippen LogP contribution in [0.3, 0.4) is 0 Å². The Morgan fingerprint density at radius 1 is 1.22 bits per heavy atom. The first-order valence-corrected chi connectivity index (χ1v) is 9.96. The number of nitrogens with one attached hydrogen (secondary N) is 1. The molecule has 0 aliphatic carbocycles. The van der Waals surface area contributed by atoms with E-state index in [9.17, 15) is 14.4 Å². The molecule has 5 atom stereocenters. The molecule has 0 unspecified atom stereocenters. The summed E-state index contributed by atoms with van der Waals surface area (Å²) in [5.74, 6) is -1.69. The molecule has 2 fully saturated rings. The lowest BCUT2D eigenvalue weighted by molar-refractivity contribution is -0.738. The van der Waals surface area contributed by atoms with Crippen LogP contribution in [0.2, 0.25) is 5.02 Å². The Morgan fingerprint density at radius 3 is 2.56 bits per heavy atom. The van der Waals surface area contributed by atoms with Crippen molar-refractivity contribution in [3.63, 3.8) is 0 Å². The number of rotatable bonds is 3. The van der Waals surface area contributed by atoms with Gasteiger partial charge in [0.1, 0.15) is 17.9 Å². The highest BCUT2D eigenvalue weighted by molar-refractivity contribution is 6.35. The Labute approximate surface area is 163 Å². The van der Waals surface area contributed by atoms with Gasteiger partial charge in [-0.05, 0) is 25.5 Å². The van der Waals surface area contributed by atoms with E-state index in [1.54, 1.807) is 12.1 Å². The predicted molar refractivity (Wildman–Crippen MR) is 101 cm³/mol. The number of quaternary nitrogens is 1. The predicted octanol–water partition coefficient (Wildman–Crippen LogP) is 1.49. The number of carbonyl (C=O) groups excluding carboxylic acids is 3. The molecule has 3 amide bonds. The fourth-order valence-corrected chi connectivity index (χ4v) is 5.35. The van der Waals surface area contributed by atoms with E-state index in [1.807, 2.05) is 39.1 Å². The van der Waals surface area contributed by atoms with E-state index in [4.69, 9.17) is 11.6 Å². The van der Waals surface area contributed by atoms with E-state index in [0.717, 1.165) is 0 Å². The standard InChI is InChI=1S/C20H24ClN3O3/c1-5-10(4)24-17(25)13-14(18(24)26)20(23-15(13)9(2)3)11-7-6-8-12(21)16(11)22-19(20)27/h6-10,13-15,23H,5H2,1-4H3,(H,22,27)/p+1/t10-,13+,14+,15-,20-/m1/s1. The Bertz CT molecular complexity index is 855. The monoisotopic (exact) mass is 390 g/mol. The lowest BCUT2D eigenvalue weighted by Crippen LogP contribution is -2.99. The van der Waals surface area contributed by atoms with Gasteiger partial charge in [-0.3, -0.25) is 19.3 Å². The molecule has 3 N–H and O–H groups in total. The zero-order chi connectivity index (χ0) is 19.7. The van der Waals surface area contributed by atoms with Gasteiger partial charge in [-0.1, -0.05) is 38.4 Å². The highest BCUT2D eigenvalue weighted by Gasteiger charge is 2.74. The molecule has 144 valence electrons. The summed E-state index contributed by atoms with van der Waals surface area (Å²) in [6.45, 7) is 7.91. The molecule has 2 saturated heterocycles. The summed E-state index contributed by atoms with van der Waals surface area (Å²) in [7, 11) is 0. The molecule has 4 rings (SSSR count). The van der Waals surface area contributed by atoms with E-state index in [2.05, 4.69) is 5.32 Å². The first-order valence-electron chi connectivity index (χ1n) is 9.59. The number of carbonyl (C=O) groups is 3. The highest BCUT2D eigenvalue weighted by atomic mass is 35.5. The zero-order valence-corrected chi connectivity index (χ0v) is 16.7. The average Bonchev–Trinajstić information content (AvgIpc) is 3.21. The molecule has 7 heteroatoms. The highest BCUT2D eigenvalue weighted by Crippen LogP contribution is 2.51. The SMILES string of the molecule is CC[C@@H](C)N1C(=O)[C@@H]2[C@@H](C(C)C)[NH2+][C@@]3(C(=O)Nc4c(Cl)cccc43)[C@@H]2C1=O. The lowest BCUT2D eigenvalue weighted by atomic mass is 9.76. The summed E-state index contributed by atoms with van der Waals surface area (Å²) in [5, 5.41) is 5.28. The van der Waals surface area contributed by atoms with Crippen LogP contribution >= 0.6 is 11.6 Å². The van der Waals surface area contributed by atoms with E-state index in [1.165, 1.54) is 4.90 Å². The number of para-hydroxylation sites is 1. The largest absolute Gasteiger partial charge is 0.326 e. The van der Waals surface area contributed by atoms with Crippen molar-refractivity contribution in [2.45, 2.75) is 51.7 Å². The van der Waals surface area contributed by atoms with Gasteiger partial charge in [0.25, 0.3) is 5.91 Å². The molecule has 0 saturated carbocycles. The molecule has 3 aliphatic heterocycles. The van der Waals surface area contributed by atoms with E-state index < -0.39 is 17.4 Å². The quantitative estimate of drug-likeness (QED) is 0.767. The number of hydrogen-bond donors (Lipinski definition) is 2. The third-order valence-corrected chi connectivity index (χ3v) is 6.94. The van der Waals surface area contributed by atoms with Gasteiger partial charge in [-0.15, -0.1) is 0 Å². The van der Waals surface area contributed by atoms with Crippen molar-refractivity contribution in [2.24, 2.45) is 17.8 Å². The van der Waals surface area contributed by atoms with Crippen LogP contribution in [0.25, 0.3) is 0 Å². The molecule has 0 aromatic heterocycles. The van der Waals surface area contributed by atoms with Crippen molar-refractivity contribution >= 4 is 35.0 Å². The van der Waals surface area contributed by atoms with Gasteiger partial charge < -0.3 is 10.6 Å². The zero-order valence-electron chi connectivity index (χ0n) is 16.0. The van der Waals surface area contributed by atoms with Crippen LogP contribution in [-0.2, 0) is 19.9 Å². The van der Waals surface area contributed by atoms with Crippen molar-refractivity contribution in [3.8, 4) is 0 Å². The second-order valence-electron chi connectivity index (χ2n) is 8.28. The van der Waals surface area contributed by atoms with Crippen LogP contribution in [0, 0.1) is 17.8 Å². The van der Waals surface area contributed by atoms with Crippen LogP contribution in [0.1, 0.15) is 39.7 Å². The van der Waals surface area contributed by atoms with Crippen molar-refractivity contribution in [2.75, 3.05) is 5.32 Å². The summed E-state index contributed by atoms with van der Waals surface area (Å²) in [6, 6.07) is 5.04. The number of anilines is 1. The Balaban J connectivity index is 1.92. The van der Waals surface area contributed by atoms with E-state index in [-0.39, 0.29) is 35.7 Å². The number of likely N-dealkylation sites (tertiary alicyclic amines) is 1. The Kier molecular flexibility index (Phi) is 4.13. The summed E-state index contributed by atoms with van der Waals surface area (Å²) in [5.41, 5.74) is 0.144. The molecule has 3 aliphatic rings. The number of nitrogens with zero attached hydrogens (tertiary/aromatic N) is 1. The molecule has 1 aromatic carbocycles. The lowest BCUT2D eigenvalue weighted by Gasteiger charge is -2.29. The van der Waals surface area contributed by atoms with Crippen LogP contribution in [0.5, 0.6) is 0 Å². The second kappa shape index (κ2) is 6.04. The van der Waals surface area contributed by atoms with Gasteiger partial charge >= 0.3 is 0 Å². The summed E-state index contributed by atoms with van der Waals surface area (Å²) in [4.78, 5) is 41.3. The topological polar surface area (TPSA) is 83.1 Å². The minimum atomic E-state index is -1.13. The van der Waals surface area contributed by atoms with E-state index >= 15 is 0 Å². The summed E-state index contributed by atoms with van der Waals surface area (Å²) >= 11 is 6.31. The summed E-state index contributed by atoms with van der Waals surface area (Å²) < 4.78 is 0. The number of hydrogen-bond acceptors (Lipinski definition) is 3. The number of nitrogens with two attached hydrogens (primary N) is 1. The minimum absolute atomic E-state index is 0.140. The third-order valence-electron chi connectivity index (χ3n) is 6.62. The minimum Gasteiger partial charge on any atom is -0.326 e. The first kappa shape index (κ1) is 18.4. The second-order valence-corrected chi connectivity index (χ2v) is 8.69. The number of benzene rings is 1. The normalized spacial score (nSPS) is 33.0. The Hall–Kier alpha value is -1.92. The number of amides is 3. The molecule has 1 spiro atoms. The van der Waals surface area contributed by atoms with Crippen LogP contribution in [0.4, 0.5) is 5.69 Å². The van der Waals surface area contributed by atoms with Gasteiger partial charge in [0, 0.05) is 17.5 Å². The van der Waals surface area contributed by atoms with E-state index in [0.29, 0.717) is 22.7 Å². The molecule has 27 heavy (non-hydrogen) atoms. The van der Waals surface area contributed by atoms with Gasteiger partial charge in [-0.25, -0.2) is 0 Å². The number of imide groups is 1. The van der Waals surface area contributed by atoms with Crippen LogP contribution in [-0.4, -0.2) is 34.7 Å². The average molecular weight is 391 g/mol. The third kappa shape index (κ3) is 2.20. The maximum absolute atomic E-state index is 13.4. The smallest absolute Gasteiger partial charge is 0.291 e. The maximum Gasteiger partial charge on any atom is 0.291 e. The number of fused-ring (bicyclic) bond motifs is 4. The summed E-state index contributed by atoms with van der Waals surface area (Å²) in [6.07, 6.45) is 0.689. The van der Waals surface area contributed by atoms with Crippen molar-refractivity contribution in [1.29, 1.82) is 0 Å². The van der Waals surface area contributed by atoms with Crippen LogP contribution in [0.15, 0.2) is 18.2 Å². The molecule has 1 aromatic rings. The molecular formula is C20H25ClN3O3+. The van der Waals surface area contributed by atoms with Gasteiger partial charge in [0.15, 0.2) is 0 Å². The Morgan fingerprint density at radius 2 is 1.93 bits per heavy atom. The van der Waals surface area contributed by atoms with Crippen molar-refractivity contribution in [3.05, 3.63) is 28.8 Å². The molecule has 0 radical (unpaired) electrons. The first-order chi connectivity index (χ1) is 12.8. The fourth-order valence-electron chi connectivity index (χ4n) is 5.12. The molecule has 0 bridgehead atoms. The van der Waals surface area contributed by atoms with Gasteiger partial charge in [0.2, 0.25) is 17.4 Å². The van der Waals surface area contributed by atoms with Crippen molar-refractivity contribution < 1.29 is 19.7 Å². The number of halogens is 1. The maximum atomic E-state index is 13.4. The molecule has 6 nitrogen and oxygen atoms in total. The molecular weight excluding hydrogens is 366 g/mol. The molecule has 3 heterocycles. The van der Waals surface area contributed by atoms with Gasteiger partial charge in [-0.2, -0.15) is 0 Å². The van der Waals surface area contributed by atoms with Crippen molar-refractivity contribution in [1.82, 2.24) is 4.90 Å².